The summed E-state index contributed by atoms with van der Waals surface area (Å²) in [6, 6.07) is 11.5. The quantitative estimate of drug-likeness (QED) is 0.929. The SMILES string of the molecule is Cc1cccc(CO)c1OCc1cc(C#N)ccc1F. The highest BCUT2D eigenvalue weighted by Crippen LogP contribution is 2.25. The van der Waals surface area contributed by atoms with E-state index in [1.165, 1.54) is 18.2 Å². The van der Waals surface area contributed by atoms with Crippen molar-refractivity contribution in [2.45, 2.75) is 20.1 Å². The fraction of sp³-hybridized carbons (Fsp3) is 0.188. The van der Waals surface area contributed by atoms with E-state index in [4.69, 9.17) is 10.00 Å². The van der Waals surface area contributed by atoms with E-state index in [0.29, 0.717) is 22.4 Å². The second-order valence-electron chi connectivity index (χ2n) is 4.43. The molecule has 2 aromatic rings. The molecule has 0 aliphatic rings. The number of halogens is 1. The minimum atomic E-state index is -0.414. The van der Waals surface area contributed by atoms with Crippen LogP contribution in [-0.2, 0) is 13.2 Å². The lowest BCUT2D eigenvalue weighted by molar-refractivity contribution is 0.256. The maximum Gasteiger partial charge on any atom is 0.129 e. The Morgan fingerprint density at radius 3 is 2.75 bits per heavy atom. The van der Waals surface area contributed by atoms with E-state index in [1.54, 1.807) is 6.07 Å². The Kier molecular flexibility index (Phi) is 4.34. The van der Waals surface area contributed by atoms with Crippen molar-refractivity contribution in [1.29, 1.82) is 5.26 Å². The first-order valence-corrected chi connectivity index (χ1v) is 6.16. The lowest BCUT2D eigenvalue weighted by Gasteiger charge is -2.13. The number of rotatable bonds is 4. The molecule has 3 nitrogen and oxygen atoms in total. The highest BCUT2D eigenvalue weighted by Gasteiger charge is 2.09. The van der Waals surface area contributed by atoms with Gasteiger partial charge in [-0.15, -0.1) is 0 Å². The van der Waals surface area contributed by atoms with Gasteiger partial charge in [0, 0.05) is 11.1 Å². The number of aryl methyl sites for hydroxylation is 1. The zero-order valence-electron chi connectivity index (χ0n) is 11.1. The summed E-state index contributed by atoms with van der Waals surface area (Å²) in [5.41, 5.74) is 2.23. The molecular formula is C16H14FNO2. The van der Waals surface area contributed by atoms with Gasteiger partial charge in [0.15, 0.2) is 0 Å². The van der Waals surface area contributed by atoms with Crippen molar-refractivity contribution in [2.24, 2.45) is 0 Å². The first kappa shape index (κ1) is 14.0. The third-order valence-corrected chi connectivity index (χ3v) is 3.01. The second kappa shape index (κ2) is 6.18. The molecule has 0 aromatic heterocycles. The Morgan fingerprint density at radius 2 is 2.05 bits per heavy atom. The number of hydrogen-bond donors (Lipinski definition) is 1. The lowest BCUT2D eigenvalue weighted by Crippen LogP contribution is -2.03. The first-order chi connectivity index (χ1) is 9.65. The van der Waals surface area contributed by atoms with E-state index in [-0.39, 0.29) is 13.2 Å². The van der Waals surface area contributed by atoms with Gasteiger partial charge < -0.3 is 9.84 Å². The van der Waals surface area contributed by atoms with E-state index < -0.39 is 5.82 Å². The molecule has 0 fully saturated rings. The zero-order chi connectivity index (χ0) is 14.5. The van der Waals surface area contributed by atoms with Crippen LogP contribution in [0.5, 0.6) is 5.75 Å². The van der Waals surface area contributed by atoms with Crippen molar-refractivity contribution in [3.63, 3.8) is 0 Å². The number of ether oxygens (including phenoxy) is 1. The number of hydrogen-bond acceptors (Lipinski definition) is 3. The molecule has 20 heavy (non-hydrogen) atoms. The molecule has 102 valence electrons. The van der Waals surface area contributed by atoms with Gasteiger partial charge in [-0.2, -0.15) is 5.26 Å². The number of aliphatic hydroxyl groups is 1. The summed E-state index contributed by atoms with van der Waals surface area (Å²) in [5.74, 6) is 0.139. The second-order valence-corrected chi connectivity index (χ2v) is 4.43. The lowest BCUT2D eigenvalue weighted by atomic mass is 10.1. The topological polar surface area (TPSA) is 53.2 Å². The fourth-order valence-electron chi connectivity index (χ4n) is 1.95. The van der Waals surface area contributed by atoms with Crippen LogP contribution in [0.25, 0.3) is 0 Å². The fourth-order valence-corrected chi connectivity index (χ4v) is 1.95. The standard InChI is InChI=1S/C16H14FNO2/c1-11-3-2-4-13(9-19)16(11)20-10-14-7-12(8-18)5-6-15(14)17/h2-7,19H,9-10H2,1H3. The van der Waals surface area contributed by atoms with Gasteiger partial charge >= 0.3 is 0 Å². The minimum Gasteiger partial charge on any atom is -0.488 e. The molecule has 0 spiro atoms. The van der Waals surface area contributed by atoms with Gasteiger partial charge in [0.05, 0.1) is 18.2 Å². The van der Waals surface area contributed by atoms with Gasteiger partial charge in [0.2, 0.25) is 0 Å². The summed E-state index contributed by atoms with van der Waals surface area (Å²) in [6.07, 6.45) is 0. The molecule has 0 aliphatic heterocycles. The molecule has 2 rings (SSSR count). The van der Waals surface area contributed by atoms with Crippen LogP contribution in [-0.4, -0.2) is 5.11 Å². The molecule has 0 radical (unpaired) electrons. The average Bonchev–Trinajstić information content (AvgIpc) is 2.47. The molecule has 1 N–H and O–H groups in total. The molecule has 0 atom stereocenters. The third kappa shape index (κ3) is 2.95. The van der Waals surface area contributed by atoms with Gasteiger partial charge in [-0.25, -0.2) is 4.39 Å². The number of nitrogens with zero attached hydrogens (tertiary/aromatic N) is 1. The van der Waals surface area contributed by atoms with Crippen LogP contribution in [0.2, 0.25) is 0 Å². The van der Waals surface area contributed by atoms with Crippen molar-refractivity contribution in [3.8, 4) is 11.8 Å². The Labute approximate surface area is 116 Å². The monoisotopic (exact) mass is 271 g/mol. The van der Waals surface area contributed by atoms with Crippen molar-refractivity contribution in [2.75, 3.05) is 0 Å². The van der Waals surface area contributed by atoms with Crippen LogP contribution in [0, 0.1) is 24.1 Å². The Balaban J connectivity index is 2.23. The molecule has 0 saturated carbocycles. The number of para-hydroxylation sites is 1. The molecule has 0 bridgehead atoms. The summed E-state index contributed by atoms with van der Waals surface area (Å²) in [7, 11) is 0. The van der Waals surface area contributed by atoms with Crippen molar-refractivity contribution >= 4 is 0 Å². The Morgan fingerprint density at radius 1 is 1.25 bits per heavy atom. The van der Waals surface area contributed by atoms with Crippen LogP contribution in [0.3, 0.4) is 0 Å². The van der Waals surface area contributed by atoms with Gasteiger partial charge in [-0.3, -0.25) is 0 Å². The zero-order valence-corrected chi connectivity index (χ0v) is 11.1. The van der Waals surface area contributed by atoms with E-state index in [2.05, 4.69) is 0 Å². The Hall–Kier alpha value is -2.38. The minimum absolute atomic E-state index is 0.0131. The molecule has 0 unspecified atom stereocenters. The van der Waals surface area contributed by atoms with Gasteiger partial charge in [0.25, 0.3) is 0 Å². The highest BCUT2D eigenvalue weighted by atomic mass is 19.1. The van der Waals surface area contributed by atoms with E-state index in [0.717, 1.165) is 5.56 Å². The normalized spacial score (nSPS) is 10.1. The van der Waals surface area contributed by atoms with Crippen LogP contribution in [0.1, 0.15) is 22.3 Å². The predicted octanol–water partition coefficient (Wildman–Crippen LogP) is 3.08. The van der Waals surface area contributed by atoms with Gasteiger partial charge in [0.1, 0.15) is 18.2 Å². The van der Waals surface area contributed by atoms with Gasteiger partial charge in [-0.1, -0.05) is 18.2 Å². The van der Waals surface area contributed by atoms with E-state index >= 15 is 0 Å². The van der Waals surface area contributed by atoms with Crippen molar-refractivity contribution in [3.05, 3.63) is 64.5 Å². The van der Waals surface area contributed by atoms with Gasteiger partial charge in [-0.05, 0) is 30.7 Å². The van der Waals surface area contributed by atoms with Crippen LogP contribution in [0.4, 0.5) is 4.39 Å². The summed E-state index contributed by atoms with van der Waals surface area (Å²) in [6.45, 7) is 1.73. The molecule has 4 heteroatoms. The molecule has 0 aliphatic carbocycles. The number of aliphatic hydroxyl groups excluding tert-OH is 1. The maximum absolute atomic E-state index is 13.7. The summed E-state index contributed by atoms with van der Waals surface area (Å²) >= 11 is 0. The molecule has 0 saturated heterocycles. The van der Waals surface area contributed by atoms with Crippen molar-refractivity contribution < 1.29 is 14.2 Å². The first-order valence-electron chi connectivity index (χ1n) is 6.16. The number of benzene rings is 2. The predicted molar refractivity (Wildman–Crippen MR) is 72.5 cm³/mol. The van der Waals surface area contributed by atoms with Crippen LogP contribution < -0.4 is 4.74 Å². The van der Waals surface area contributed by atoms with E-state index in [1.807, 2.05) is 25.1 Å². The maximum atomic E-state index is 13.7. The van der Waals surface area contributed by atoms with Crippen LogP contribution in [0.15, 0.2) is 36.4 Å². The van der Waals surface area contributed by atoms with Crippen LogP contribution >= 0.6 is 0 Å². The highest BCUT2D eigenvalue weighted by molar-refractivity contribution is 5.41. The molecular weight excluding hydrogens is 257 g/mol. The summed E-state index contributed by atoms with van der Waals surface area (Å²) in [4.78, 5) is 0. The summed E-state index contributed by atoms with van der Waals surface area (Å²) < 4.78 is 19.3. The average molecular weight is 271 g/mol. The smallest absolute Gasteiger partial charge is 0.129 e. The molecule has 0 amide bonds. The molecule has 2 aromatic carbocycles. The number of nitriles is 1. The molecule has 0 heterocycles. The third-order valence-electron chi connectivity index (χ3n) is 3.01. The Bertz CT molecular complexity index is 662. The van der Waals surface area contributed by atoms with E-state index in [9.17, 15) is 9.50 Å². The summed E-state index contributed by atoms with van der Waals surface area (Å²) in [5, 5.41) is 18.1. The van der Waals surface area contributed by atoms with Crippen molar-refractivity contribution in [1.82, 2.24) is 0 Å². The largest absolute Gasteiger partial charge is 0.488 e.